The zero-order valence-electron chi connectivity index (χ0n) is 7.27. The second-order valence-electron chi connectivity index (χ2n) is 3.23. The second-order valence-corrected chi connectivity index (χ2v) is 3.23. The van der Waals surface area contributed by atoms with Gasteiger partial charge in [-0.15, -0.1) is 0 Å². The summed E-state index contributed by atoms with van der Waals surface area (Å²) in [6.45, 7) is 7.88. The fourth-order valence-corrected chi connectivity index (χ4v) is 1.11. The van der Waals surface area contributed by atoms with E-state index in [9.17, 15) is 4.79 Å². The first-order chi connectivity index (χ1) is 4.52. The van der Waals surface area contributed by atoms with E-state index in [2.05, 4.69) is 19.2 Å². The molecule has 0 aliphatic heterocycles. The van der Waals surface area contributed by atoms with Gasteiger partial charge in [0, 0.05) is 14.4 Å². The number of hydrogen-bond acceptors (Lipinski definition) is 1. The summed E-state index contributed by atoms with van der Waals surface area (Å²) in [5, 5.41) is 2.84. The molecule has 0 radical (unpaired) electrons. The third kappa shape index (κ3) is 5.60. The fourth-order valence-electron chi connectivity index (χ4n) is 1.11. The van der Waals surface area contributed by atoms with Crippen molar-refractivity contribution in [2.24, 2.45) is 5.92 Å². The van der Waals surface area contributed by atoms with E-state index in [0.29, 0.717) is 12.0 Å². The summed E-state index contributed by atoms with van der Waals surface area (Å²) in [5.74, 6) is 0.718. The zero-order chi connectivity index (χ0) is 8.15. The van der Waals surface area contributed by atoms with Gasteiger partial charge in [0.25, 0.3) is 0 Å². The Morgan fingerprint density at radius 2 is 2.00 bits per heavy atom. The maximum atomic E-state index is 10.5. The summed E-state index contributed by atoms with van der Waals surface area (Å²) < 4.78 is 0. The molecule has 0 aliphatic carbocycles. The minimum Gasteiger partial charge on any atom is -0.354 e. The van der Waals surface area contributed by atoms with Crippen molar-refractivity contribution >= 4 is 5.91 Å². The van der Waals surface area contributed by atoms with Crippen molar-refractivity contribution in [3.63, 3.8) is 0 Å². The van der Waals surface area contributed by atoms with E-state index in [1.54, 1.807) is 6.92 Å². The Bertz CT molecular complexity index is 115. The fraction of sp³-hybridized carbons (Fsp3) is 0.875. The average Bonchev–Trinajstić information content (AvgIpc) is 1.58. The van der Waals surface area contributed by atoms with Crippen molar-refractivity contribution in [3.05, 3.63) is 0 Å². The van der Waals surface area contributed by atoms with Gasteiger partial charge in [-0.25, -0.2) is 0 Å². The molecule has 0 saturated carbocycles. The third-order valence-electron chi connectivity index (χ3n) is 1.27. The van der Waals surface area contributed by atoms with Gasteiger partial charge in [0.05, 0.1) is 0 Å². The Balaban J connectivity index is 0. The summed E-state index contributed by atoms with van der Waals surface area (Å²) in [4.78, 5) is 10.5. The lowest BCUT2D eigenvalue weighted by Crippen LogP contribution is -2.31. The highest BCUT2D eigenvalue weighted by atomic mass is 16.1. The molecule has 1 atom stereocenters. The van der Waals surface area contributed by atoms with E-state index in [0.717, 1.165) is 6.42 Å². The molecule has 1 amide bonds. The topological polar surface area (TPSA) is 29.1 Å². The predicted octanol–water partition coefficient (Wildman–Crippen LogP) is 1.80. The summed E-state index contributed by atoms with van der Waals surface area (Å²) in [7, 11) is 0. The van der Waals surface area contributed by atoms with Gasteiger partial charge in [-0.2, -0.15) is 0 Å². The maximum absolute atomic E-state index is 10.5. The molecule has 0 aromatic rings. The molecule has 0 aliphatic rings. The highest BCUT2D eigenvalue weighted by molar-refractivity contribution is 5.73. The van der Waals surface area contributed by atoms with E-state index in [1.807, 2.05) is 6.92 Å². The Morgan fingerprint density at radius 3 is 2.30 bits per heavy atom. The zero-order valence-corrected chi connectivity index (χ0v) is 7.27. The minimum atomic E-state index is 0. The van der Waals surface area contributed by atoms with E-state index in [4.69, 9.17) is 0 Å². The smallest absolute Gasteiger partial charge is 0.217 e. The highest BCUT2D eigenvalue weighted by Crippen LogP contribution is 2.02. The summed E-state index contributed by atoms with van der Waals surface area (Å²) in [6.07, 6.45) is 1.06. The van der Waals surface area contributed by atoms with Crippen LogP contribution >= 0.6 is 0 Å². The van der Waals surface area contributed by atoms with Crippen LogP contribution in [0.15, 0.2) is 0 Å². The second kappa shape index (κ2) is 4.31. The van der Waals surface area contributed by atoms with Crippen molar-refractivity contribution < 1.29 is 6.22 Å². The summed E-state index contributed by atoms with van der Waals surface area (Å²) in [6, 6.07) is 0.317. The van der Waals surface area contributed by atoms with Crippen LogP contribution in [0.2, 0.25) is 0 Å². The number of nitrogens with one attached hydrogen (secondary N) is 1. The molecule has 0 saturated heterocycles. The summed E-state index contributed by atoms with van der Waals surface area (Å²) >= 11 is 0. The van der Waals surface area contributed by atoms with Gasteiger partial charge < -0.3 is 5.32 Å². The molecule has 0 heterocycles. The van der Waals surface area contributed by atoms with Crippen LogP contribution in [-0.2, 0) is 4.79 Å². The quantitative estimate of drug-likeness (QED) is 0.644. The van der Waals surface area contributed by atoms with Gasteiger partial charge in [-0.3, -0.25) is 4.79 Å². The lowest BCUT2D eigenvalue weighted by molar-refractivity contribution is -0.119. The summed E-state index contributed by atoms with van der Waals surface area (Å²) in [5.41, 5.74) is 0. The van der Waals surface area contributed by atoms with Crippen LogP contribution in [0.25, 0.3) is 0 Å². The molecule has 2 heteroatoms. The Labute approximate surface area is 64.5 Å². The van der Waals surface area contributed by atoms with Crippen LogP contribution in [0.1, 0.15) is 35.5 Å². The minimum absolute atomic E-state index is 0. The van der Waals surface area contributed by atoms with Crippen LogP contribution in [0.5, 0.6) is 0 Å². The molecule has 0 unspecified atom stereocenters. The molecule has 0 spiro atoms. The molecule has 0 rings (SSSR count). The normalized spacial score (nSPS) is 13.3. The predicted molar refractivity (Wildman–Crippen MR) is 44.8 cm³/mol. The van der Waals surface area contributed by atoms with Gasteiger partial charge in [0.1, 0.15) is 0 Å². The van der Waals surface area contributed by atoms with Crippen molar-refractivity contribution in [2.75, 3.05) is 0 Å². The molecule has 0 aromatic carbocycles. The maximum Gasteiger partial charge on any atom is 0.217 e. The first-order valence-corrected chi connectivity index (χ1v) is 3.79. The lowest BCUT2D eigenvalue weighted by atomic mass is 10.1. The molecular formula is C8H19NO. The van der Waals surface area contributed by atoms with Gasteiger partial charge in [0.15, 0.2) is 0 Å². The first-order valence-electron chi connectivity index (χ1n) is 3.79. The van der Waals surface area contributed by atoms with Crippen LogP contribution in [-0.4, -0.2) is 11.9 Å². The third-order valence-corrected chi connectivity index (χ3v) is 1.27. The standard InChI is InChI=1S/C8H17NO.H2/c1-6(2)5-7(3)9-8(4)10;/h6-7H,5H2,1-4H3,(H,9,10);1H/t7-;/m1./s1. The van der Waals surface area contributed by atoms with E-state index in [-0.39, 0.29) is 7.33 Å². The monoisotopic (exact) mass is 145 g/mol. The SMILES string of the molecule is CC(=O)N[C@H](C)CC(C)C.[HH]. The lowest BCUT2D eigenvalue weighted by Gasteiger charge is -2.13. The largest absolute Gasteiger partial charge is 0.354 e. The molecule has 0 fully saturated rings. The Kier molecular flexibility index (Phi) is 4.08. The van der Waals surface area contributed by atoms with Gasteiger partial charge >= 0.3 is 0 Å². The first kappa shape index (κ1) is 9.47. The number of amides is 1. The van der Waals surface area contributed by atoms with E-state index < -0.39 is 0 Å². The average molecular weight is 145 g/mol. The molecule has 0 bridgehead atoms. The molecule has 62 valence electrons. The Hall–Kier alpha value is -0.530. The van der Waals surface area contributed by atoms with Crippen LogP contribution in [0, 0.1) is 5.92 Å². The molecule has 1 N–H and O–H groups in total. The van der Waals surface area contributed by atoms with Crippen LogP contribution < -0.4 is 5.32 Å². The molecular weight excluding hydrogens is 126 g/mol. The Morgan fingerprint density at radius 1 is 1.50 bits per heavy atom. The van der Waals surface area contributed by atoms with E-state index in [1.165, 1.54) is 0 Å². The molecule has 2 nitrogen and oxygen atoms in total. The van der Waals surface area contributed by atoms with Gasteiger partial charge in [-0.1, -0.05) is 13.8 Å². The van der Waals surface area contributed by atoms with Crippen LogP contribution in [0.3, 0.4) is 0 Å². The van der Waals surface area contributed by atoms with Crippen LogP contribution in [0.4, 0.5) is 0 Å². The van der Waals surface area contributed by atoms with E-state index >= 15 is 0 Å². The van der Waals surface area contributed by atoms with Crippen molar-refractivity contribution in [2.45, 2.75) is 40.2 Å². The van der Waals surface area contributed by atoms with Crippen molar-refractivity contribution in [1.29, 1.82) is 0 Å². The van der Waals surface area contributed by atoms with Crippen molar-refractivity contribution in [3.8, 4) is 0 Å². The highest BCUT2D eigenvalue weighted by Gasteiger charge is 2.04. The molecule has 0 aromatic heterocycles. The van der Waals surface area contributed by atoms with Gasteiger partial charge in [0.2, 0.25) is 5.91 Å². The molecule has 10 heavy (non-hydrogen) atoms. The number of rotatable bonds is 3. The van der Waals surface area contributed by atoms with Gasteiger partial charge in [-0.05, 0) is 19.3 Å². The number of hydrogen-bond donors (Lipinski definition) is 1. The number of carbonyl (C=O) groups excluding carboxylic acids is 1. The van der Waals surface area contributed by atoms with Crippen molar-refractivity contribution in [1.82, 2.24) is 5.32 Å². The number of carbonyl (C=O) groups is 1.